The molecule has 0 heterocycles. The summed E-state index contributed by atoms with van der Waals surface area (Å²) in [4.78, 5) is 12.0. The van der Waals surface area contributed by atoms with Gasteiger partial charge in [0.2, 0.25) is 0 Å². The van der Waals surface area contributed by atoms with E-state index in [1.54, 1.807) is 14.2 Å². The Morgan fingerprint density at radius 3 is 2.00 bits per heavy atom. The second-order valence-electron chi connectivity index (χ2n) is 9.59. The molecular formula is C25H36N2O4. The summed E-state index contributed by atoms with van der Waals surface area (Å²) in [6.45, 7) is 12.2. The maximum absolute atomic E-state index is 12.0. The minimum atomic E-state index is -0.284. The van der Waals surface area contributed by atoms with Gasteiger partial charge in [-0.05, 0) is 71.4 Å². The number of hydrogen-bond donors (Lipinski definition) is 2. The highest BCUT2D eigenvalue weighted by Gasteiger charge is 2.24. The number of benzene rings is 2. The average Bonchev–Trinajstić information content (AvgIpc) is 2.68. The van der Waals surface area contributed by atoms with E-state index in [1.165, 1.54) is 0 Å². The number of amides is 1. The van der Waals surface area contributed by atoms with Gasteiger partial charge in [-0.3, -0.25) is 4.79 Å². The third-order valence-electron chi connectivity index (χ3n) is 4.43. The molecule has 2 aromatic carbocycles. The molecule has 170 valence electrons. The van der Waals surface area contributed by atoms with E-state index in [0.717, 1.165) is 22.6 Å². The van der Waals surface area contributed by atoms with Crippen molar-refractivity contribution >= 4 is 5.91 Å². The van der Waals surface area contributed by atoms with Gasteiger partial charge in [0.05, 0.1) is 20.3 Å². The zero-order valence-electron chi connectivity index (χ0n) is 20.0. The minimum absolute atomic E-state index is 0.0212. The van der Waals surface area contributed by atoms with Crippen LogP contribution in [0, 0.1) is 0 Å². The fourth-order valence-corrected chi connectivity index (χ4v) is 3.19. The van der Waals surface area contributed by atoms with E-state index < -0.39 is 0 Å². The van der Waals surface area contributed by atoms with Gasteiger partial charge in [-0.2, -0.15) is 0 Å². The first-order chi connectivity index (χ1) is 14.4. The third kappa shape index (κ3) is 7.79. The molecule has 0 spiro atoms. The van der Waals surface area contributed by atoms with Crippen molar-refractivity contribution < 1.29 is 19.0 Å². The molecular weight excluding hydrogens is 392 g/mol. The van der Waals surface area contributed by atoms with Gasteiger partial charge in [0.15, 0.2) is 6.61 Å². The first-order valence-electron chi connectivity index (χ1n) is 10.5. The van der Waals surface area contributed by atoms with Crippen LogP contribution in [0.4, 0.5) is 0 Å². The summed E-state index contributed by atoms with van der Waals surface area (Å²) in [6.07, 6.45) is 0. The predicted octanol–water partition coefficient (Wildman–Crippen LogP) is 4.47. The lowest BCUT2D eigenvalue weighted by atomic mass is 9.94. The summed E-state index contributed by atoms with van der Waals surface area (Å²) in [5, 5.41) is 6.56. The number of methoxy groups -OCH3 is 2. The van der Waals surface area contributed by atoms with Gasteiger partial charge >= 0.3 is 0 Å². The van der Waals surface area contributed by atoms with Gasteiger partial charge in [-0.1, -0.05) is 12.1 Å². The smallest absolute Gasteiger partial charge is 0.258 e. The molecule has 31 heavy (non-hydrogen) atoms. The number of hydrogen-bond acceptors (Lipinski definition) is 5. The lowest BCUT2D eigenvalue weighted by Gasteiger charge is -2.30. The van der Waals surface area contributed by atoms with E-state index in [1.807, 2.05) is 63.2 Å². The summed E-state index contributed by atoms with van der Waals surface area (Å²) in [5.41, 5.74) is 1.66. The van der Waals surface area contributed by atoms with Gasteiger partial charge in [0.25, 0.3) is 5.91 Å². The molecule has 0 aromatic heterocycles. The van der Waals surface area contributed by atoms with Crippen molar-refractivity contribution in [1.29, 1.82) is 0 Å². The number of ether oxygens (including phenoxy) is 3. The van der Waals surface area contributed by atoms with Crippen LogP contribution in [-0.2, 0) is 4.79 Å². The van der Waals surface area contributed by atoms with Crippen LogP contribution in [-0.4, -0.2) is 37.8 Å². The largest absolute Gasteiger partial charge is 0.497 e. The molecule has 2 rings (SSSR count). The third-order valence-corrected chi connectivity index (χ3v) is 4.43. The molecule has 0 saturated carbocycles. The van der Waals surface area contributed by atoms with E-state index >= 15 is 0 Å². The molecule has 6 heteroatoms. The summed E-state index contributed by atoms with van der Waals surface area (Å²) < 4.78 is 16.6. The lowest BCUT2D eigenvalue weighted by Crippen LogP contribution is -2.43. The molecule has 2 aromatic rings. The molecule has 1 amide bonds. The molecule has 0 aliphatic carbocycles. The predicted molar refractivity (Wildman–Crippen MR) is 124 cm³/mol. The Kier molecular flexibility index (Phi) is 7.96. The van der Waals surface area contributed by atoms with Crippen molar-refractivity contribution in [2.45, 2.75) is 58.7 Å². The summed E-state index contributed by atoms with van der Waals surface area (Å²) in [7, 11) is 3.30. The molecule has 1 atom stereocenters. The van der Waals surface area contributed by atoms with Crippen LogP contribution in [0.25, 0.3) is 0 Å². The maximum atomic E-state index is 12.0. The maximum Gasteiger partial charge on any atom is 0.258 e. The van der Waals surface area contributed by atoms with Gasteiger partial charge < -0.3 is 24.8 Å². The molecule has 0 fully saturated rings. The number of nitrogens with one attached hydrogen (secondary N) is 2. The van der Waals surface area contributed by atoms with Crippen molar-refractivity contribution in [3.63, 3.8) is 0 Å². The standard InChI is InChI=1S/C25H36N2O4/c1-24(2,3)26-22(28)16-31-18-11-9-17(10-12-18)23(27-25(4,5)6)20-14-13-19(29-7)15-21(20)30-8/h9-15,23,27H,16H2,1-8H3,(H,26,28). The molecule has 6 nitrogen and oxygen atoms in total. The summed E-state index contributed by atoms with van der Waals surface area (Å²) in [5.74, 6) is 1.99. The zero-order valence-corrected chi connectivity index (χ0v) is 20.0. The van der Waals surface area contributed by atoms with E-state index in [9.17, 15) is 4.79 Å². The number of carbonyl (C=O) groups excluding carboxylic acids is 1. The summed E-state index contributed by atoms with van der Waals surface area (Å²) in [6, 6.07) is 13.5. The van der Waals surface area contributed by atoms with Gasteiger partial charge in [-0.25, -0.2) is 0 Å². The SMILES string of the molecule is COc1ccc(C(NC(C)(C)C)c2ccc(OCC(=O)NC(C)(C)C)cc2)c(OC)c1. The molecule has 0 bridgehead atoms. The lowest BCUT2D eigenvalue weighted by molar-refractivity contribution is -0.124. The minimum Gasteiger partial charge on any atom is -0.497 e. The Bertz CT molecular complexity index is 865. The monoisotopic (exact) mass is 428 g/mol. The Morgan fingerprint density at radius 1 is 0.871 bits per heavy atom. The van der Waals surface area contributed by atoms with Gasteiger partial charge in [0.1, 0.15) is 17.2 Å². The van der Waals surface area contributed by atoms with Crippen LogP contribution in [0.5, 0.6) is 17.2 Å². The normalized spacial score (nSPS) is 12.8. The van der Waals surface area contributed by atoms with Crippen molar-refractivity contribution in [2.24, 2.45) is 0 Å². The van der Waals surface area contributed by atoms with Crippen molar-refractivity contribution in [3.05, 3.63) is 53.6 Å². The number of carbonyl (C=O) groups is 1. The van der Waals surface area contributed by atoms with Crippen LogP contribution in [0.15, 0.2) is 42.5 Å². The van der Waals surface area contributed by atoms with Crippen LogP contribution in [0.1, 0.15) is 58.7 Å². The molecule has 0 aliphatic rings. The van der Waals surface area contributed by atoms with Gasteiger partial charge in [-0.15, -0.1) is 0 Å². The zero-order chi connectivity index (χ0) is 23.2. The van der Waals surface area contributed by atoms with E-state index in [-0.39, 0.29) is 29.6 Å². The average molecular weight is 429 g/mol. The highest BCUT2D eigenvalue weighted by atomic mass is 16.5. The molecule has 2 N–H and O–H groups in total. The first-order valence-corrected chi connectivity index (χ1v) is 10.5. The summed E-state index contributed by atoms with van der Waals surface area (Å²) >= 11 is 0. The topological polar surface area (TPSA) is 68.8 Å². The van der Waals surface area contributed by atoms with Crippen LogP contribution in [0.2, 0.25) is 0 Å². The molecule has 1 unspecified atom stereocenters. The van der Waals surface area contributed by atoms with Crippen LogP contribution < -0.4 is 24.8 Å². The molecule has 0 saturated heterocycles. The van der Waals surface area contributed by atoms with E-state index in [2.05, 4.69) is 31.4 Å². The quantitative estimate of drug-likeness (QED) is 0.649. The van der Waals surface area contributed by atoms with E-state index in [4.69, 9.17) is 14.2 Å². The first kappa shape index (κ1) is 24.5. The fourth-order valence-electron chi connectivity index (χ4n) is 3.19. The Balaban J connectivity index is 2.25. The Labute approximate surface area is 186 Å². The number of rotatable bonds is 8. The van der Waals surface area contributed by atoms with E-state index in [0.29, 0.717) is 5.75 Å². The van der Waals surface area contributed by atoms with Gasteiger partial charge in [0, 0.05) is 22.7 Å². The Hall–Kier alpha value is -2.73. The van der Waals surface area contributed by atoms with Crippen molar-refractivity contribution in [3.8, 4) is 17.2 Å². The fraction of sp³-hybridized carbons (Fsp3) is 0.480. The Morgan fingerprint density at radius 2 is 1.48 bits per heavy atom. The van der Waals surface area contributed by atoms with Crippen LogP contribution in [0.3, 0.4) is 0 Å². The second kappa shape index (κ2) is 10.1. The van der Waals surface area contributed by atoms with Crippen molar-refractivity contribution in [2.75, 3.05) is 20.8 Å². The second-order valence-corrected chi connectivity index (χ2v) is 9.59. The molecule has 0 radical (unpaired) electrons. The highest BCUT2D eigenvalue weighted by Crippen LogP contribution is 2.34. The highest BCUT2D eigenvalue weighted by molar-refractivity contribution is 5.78. The van der Waals surface area contributed by atoms with Crippen molar-refractivity contribution in [1.82, 2.24) is 10.6 Å². The van der Waals surface area contributed by atoms with Crippen LogP contribution >= 0.6 is 0 Å². The molecule has 0 aliphatic heterocycles.